The van der Waals surface area contributed by atoms with Crippen LogP contribution in [0, 0.1) is 5.92 Å². The number of likely N-dealkylation sites (tertiary alicyclic amines) is 2. The first-order chi connectivity index (χ1) is 15.6. The van der Waals surface area contributed by atoms with E-state index in [0.29, 0.717) is 31.3 Å². The molecular weight excluding hydrogens is 529 g/mol. The highest BCUT2D eigenvalue weighted by atomic mass is 127. The molecule has 8 heteroatoms. The van der Waals surface area contributed by atoms with Crippen molar-refractivity contribution in [3.63, 3.8) is 0 Å². The van der Waals surface area contributed by atoms with Gasteiger partial charge in [-0.3, -0.25) is 14.6 Å². The minimum Gasteiger partial charge on any atom is -0.357 e. The predicted octanol–water partition coefficient (Wildman–Crippen LogP) is 3.04. The first-order valence-corrected chi connectivity index (χ1v) is 12.2. The van der Waals surface area contributed by atoms with Crippen LogP contribution in [0.25, 0.3) is 0 Å². The Labute approximate surface area is 215 Å². The van der Waals surface area contributed by atoms with Gasteiger partial charge >= 0.3 is 0 Å². The quantitative estimate of drug-likeness (QED) is 0.244. The van der Waals surface area contributed by atoms with Gasteiger partial charge in [-0.2, -0.15) is 0 Å². The second-order valence-electron chi connectivity index (χ2n) is 8.83. The van der Waals surface area contributed by atoms with E-state index < -0.39 is 0 Å². The minimum atomic E-state index is 0. The lowest BCUT2D eigenvalue weighted by molar-refractivity contribution is -0.130. The number of hydrogen-bond donors (Lipinski definition) is 2. The van der Waals surface area contributed by atoms with Gasteiger partial charge in [0.1, 0.15) is 0 Å². The molecule has 0 spiro atoms. The fourth-order valence-electron chi connectivity index (χ4n) is 4.66. The third-order valence-electron chi connectivity index (χ3n) is 6.45. The lowest BCUT2D eigenvalue weighted by Crippen LogP contribution is -2.42. The van der Waals surface area contributed by atoms with E-state index in [9.17, 15) is 9.59 Å². The highest BCUT2D eigenvalue weighted by Crippen LogP contribution is 2.19. The van der Waals surface area contributed by atoms with Crippen LogP contribution in [-0.2, 0) is 16.0 Å². The maximum atomic E-state index is 12.4. The highest BCUT2D eigenvalue weighted by Gasteiger charge is 2.29. The molecule has 2 saturated heterocycles. The average molecular weight is 570 g/mol. The molecule has 0 bridgehead atoms. The Kier molecular flexibility index (Phi) is 12.0. The fourth-order valence-corrected chi connectivity index (χ4v) is 4.66. The third-order valence-corrected chi connectivity index (χ3v) is 6.45. The SMILES string of the molecule is CCNC(=NCC1CC(=O)N(CCc2ccccc2)C1)NCCC(CC)N1CCCC1=O.I. The highest BCUT2D eigenvalue weighted by molar-refractivity contribution is 14.0. The molecule has 2 unspecified atom stereocenters. The van der Waals surface area contributed by atoms with Gasteiger partial charge in [0.05, 0.1) is 0 Å². The molecule has 2 N–H and O–H groups in total. The largest absolute Gasteiger partial charge is 0.357 e. The molecule has 1 aromatic rings. The summed E-state index contributed by atoms with van der Waals surface area (Å²) < 4.78 is 0. The van der Waals surface area contributed by atoms with Crippen molar-refractivity contribution in [3.05, 3.63) is 35.9 Å². The number of carbonyl (C=O) groups excluding carboxylic acids is 2. The number of rotatable bonds is 11. The van der Waals surface area contributed by atoms with Crippen molar-refractivity contribution >= 4 is 41.8 Å². The van der Waals surface area contributed by atoms with Crippen LogP contribution in [0.3, 0.4) is 0 Å². The van der Waals surface area contributed by atoms with Gasteiger partial charge in [0, 0.05) is 64.1 Å². The topological polar surface area (TPSA) is 77.0 Å². The number of guanidine groups is 1. The van der Waals surface area contributed by atoms with Crippen molar-refractivity contribution in [2.75, 3.05) is 39.3 Å². The van der Waals surface area contributed by atoms with Gasteiger partial charge in [0.15, 0.2) is 5.96 Å². The summed E-state index contributed by atoms with van der Waals surface area (Å²) in [5.41, 5.74) is 1.27. The Morgan fingerprint density at radius 1 is 1.15 bits per heavy atom. The summed E-state index contributed by atoms with van der Waals surface area (Å²) >= 11 is 0. The average Bonchev–Trinajstić information content (AvgIpc) is 3.39. The molecule has 0 aliphatic carbocycles. The predicted molar refractivity (Wildman–Crippen MR) is 144 cm³/mol. The van der Waals surface area contributed by atoms with Gasteiger partial charge in [-0.15, -0.1) is 24.0 Å². The summed E-state index contributed by atoms with van der Waals surface area (Å²) in [4.78, 5) is 33.2. The number of nitrogens with zero attached hydrogens (tertiary/aromatic N) is 3. The molecule has 2 amide bonds. The Morgan fingerprint density at radius 3 is 2.61 bits per heavy atom. The Morgan fingerprint density at radius 2 is 1.94 bits per heavy atom. The molecular formula is C25H40IN5O2. The van der Waals surface area contributed by atoms with Gasteiger partial charge in [0.25, 0.3) is 0 Å². The van der Waals surface area contributed by atoms with Crippen LogP contribution in [0.4, 0.5) is 0 Å². The van der Waals surface area contributed by atoms with Crippen molar-refractivity contribution in [2.24, 2.45) is 10.9 Å². The van der Waals surface area contributed by atoms with Crippen LogP contribution in [-0.4, -0.2) is 72.9 Å². The monoisotopic (exact) mass is 569 g/mol. The van der Waals surface area contributed by atoms with E-state index in [4.69, 9.17) is 4.99 Å². The maximum Gasteiger partial charge on any atom is 0.223 e. The molecule has 2 aliphatic heterocycles. The maximum absolute atomic E-state index is 12.4. The van der Waals surface area contributed by atoms with E-state index in [1.165, 1.54) is 5.56 Å². The van der Waals surface area contributed by atoms with E-state index >= 15 is 0 Å². The summed E-state index contributed by atoms with van der Waals surface area (Å²) in [5, 5.41) is 6.72. The smallest absolute Gasteiger partial charge is 0.223 e. The van der Waals surface area contributed by atoms with E-state index in [0.717, 1.165) is 64.4 Å². The van der Waals surface area contributed by atoms with Gasteiger partial charge in [0.2, 0.25) is 11.8 Å². The molecule has 0 saturated carbocycles. The Hall–Kier alpha value is -1.84. The first kappa shape index (κ1) is 27.4. The van der Waals surface area contributed by atoms with Crippen molar-refractivity contribution < 1.29 is 9.59 Å². The molecule has 33 heavy (non-hydrogen) atoms. The zero-order valence-corrected chi connectivity index (χ0v) is 22.4. The van der Waals surface area contributed by atoms with Crippen molar-refractivity contribution in [1.82, 2.24) is 20.4 Å². The first-order valence-electron chi connectivity index (χ1n) is 12.2. The standard InChI is InChI=1S/C25H39N5O2.HI/c1-3-22(30-15-8-11-23(30)31)12-14-27-25(26-4-2)28-18-21-17-24(32)29(19-21)16-13-20-9-6-5-7-10-20;/h5-7,9-10,21-22H,3-4,8,11-19H2,1-2H3,(H2,26,27,28);1H. The number of benzene rings is 1. The Bertz CT molecular complexity index is 773. The number of hydrogen-bond acceptors (Lipinski definition) is 3. The van der Waals surface area contributed by atoms with Crippen molar-refractivity contribution in [2.45, 2.75) is 58.4 Å². The van der Waals surface area contributed by atoms with Gasteiger partial charge in [-0.25, -0.2) is 0 Å². The molecule has 7 nitrogen and oxygen atoms in total. The van der Waals surface area contributed by atoms with Crippen LogP contribution < -0.4 is 10.6 Å². The minimum absolute atomic E-state index is 0. The molecule has 3 rings (SSSR count). The number of carbonyl (C=O) groups is 2. The van der Waals surface area contributed by atoms with Gasteiger partial charge < -0.3 is 20.4 Å². The van der Waals surface area contributed by atoms with Gasteiger partial charge in [-0.1, -0.05) is 37.3 Å². The lowest BCUT2D eigenvalue weighted by Gasteiger charge is -2.27. The molecule has 2 heterocycles. The number of nitrogens with one attached hydrogen (secondary N) is 2. The number of halogens is 1. The zero-order chi connectivity index (χ0) is 22.8. The molecule has 2 fully saturated rings. The van der Waals surface area contributed by atoms with Crippen LogP contribution in [0.2, 0.25) is 0 Å². The van der Waals surface area contributed by atoms with Crippen LogP contribution in [0.5, 0.6) is 0 Å². The second kappa shape index (κ2) is 14.4. The second-order valence-corrected chi connectivity index (χ2v) is 8.83. The third kappa shape index (κ3) is 8.46. The van der Waals surface area contributed by atoms with Crippen molar-refractivity contribution in [3.8, 4) is 0 Å². The number of aliphatic imine (C=N–C) groups is 1. The lowest BCUT2D eigenvalue weighted by atomic mass is 10.1. The molecule has 0 aromatic heterocycles. The van der Waals surface area contributed by atoms with Crippen molar-refractivity contribution in [1.29, 1.82) is 0 Å². The molecule has 184 valence electrons. The zero-order valence-electron chi connectivity index (χ0n) is 20.1. The summed E-state index contributed by atoms with van der Waals surface area (Å²) in [6, 6.07) is 10.6. The normalized spacial score (nSPS) is 19.6. The van der Waals surface area contributed by atoms with E-state index in [2.05, 4.69) is 36.6 Å². The van der Waals surface area contributed by atoms with Crippen LogP contribution in [0.1, 0.15) is 51.5 Å². The Balaban J connectivity index is 0.00000385. The summed E-state index contributed by atoms with van der Waals surface area (Å²) in [6.45, 7) is 8.86. The number of amides is 2. The van der Waals surface area contributed by atoms with Gasteiger partial charge in [-0.05, 0) is 38.2 Å². The molecule has 2 atom stereocenters. The molecule has 1 aromatic carbocycles. The summed E-state index contributed by atoms with van der Waals surface area (Å²) in [5.74, 6) is 1.59. The van der Waals surface area contributed by atoms with E-state index in [-0.39, 0.29) is 35.8 Å². The summed E-state index contributed by atoms with van der Waals surface area (Å²) in [7, 11) is 0. The summed E-state index contributed by atoms with van der Waals surface area (Å²) in [6.07, 6.45) is 5.04. The van der Waals surface area contributed by atoms with E-state index in [1.807, 2.05) is 28.0 Å². The molecule has 0 radical (unpaired) electrons. The fraction of sp³-hybridized carbons (Fsp3) is 0.640. The molecule has 2 aliphatic rings. The van der Waals surface area contributed by atoms with E-state index in [1.54, 1.807) is 0 Å². The van der Waals surface area contributed by atoms with Crippen LogP contribution >= 0.6 is 24.0 Å². The van der Waals surface area contributed by atoms with Crippen LogP contribution in [0.15, 0.2) is 35.3 Å².